The number of thioether (sulfide) groups is 1. The van der Waals surface area contributed by atoms with Gasteiger partial charge in [0.2, 0.25) is 0 Å². The van der Waals surface area contributed by atoms with Crippen LogP contribution in [0.1, 0.15) is 31.4 Å². The molecule has 112 valence electrons. The van der Waals surface area contributed by atoms with Crippen LogP contribution in [-0.4, -0.2) is 31.1 Å². The van der Waals surface area contributed by atoms with Gasteiger partial charge in [-0.25, -0.2) is 0 Å². The Balaban J connectivity index is 1.97. The molecule has 2 nitrogen and oxygen atoms in total. The molecule has 0 aliphatic carbocycles. The highest BCUT2D eigenvalue weighted by Gasteiger charge is 2.12. The van der Waals surface area contributed by atoms with Gasteiger partial charge in [0.15, 0.2) is 0 Å². The summed E-state index contributed by atoms with van der Waals surface area (Å²) in [6.07, 6.45) is 1.31. The number of nitrogens with zero attached hydrogens (tertiary/aromatic N) is 1. The average molecular weight is 292 g/mol. The van der Waals surface area contributed by atoms with Crippen LogP contribution in [0.3, 0.4) is 0 Å². The molecule has 0 amide bonds. The summed E-state index contributed by atoms with van der Waals surface area (Å²) >= 11 is 2.09. The van der Waals surface area contributed by atoms with Crippen LogP contribution in [0.2, 0.25) is 0 Å². The third-order valence-electron chi connectivity index (χ3n) is 3.71. The van der Waals surface area contributed by atoms with Crippen LogP contribution in [0.15, 0.2) is 18.2 Å². The van der Waals surface area contributed by atoms with E-state index in [9.17, 15) is 0 Å². The van der Waals surface area contributed by atoms with Crippen molar-refractivity contribution in [3.63, 3.8) is 0 Å². The molecule has 1 heterocycles. The fourth-order valence-corrected chi connectivity index (χ4v) is 3.56. The maximum atomic E-state index is 3.52. The minimum absolute atomic E-state index is 0.713. The number of rotatable bonds is 5. The van der Waals surface area contributed by atoms with Crippen LogP contribution < -0.4 is 10.2 Å². The van der Waals surface area contributed by atoms with E-state index in [1.54, 1.807) is 0 Å². The molecule has 1 aromatic carbocycles. The van der Waals surface area contributed by atoms with Crippen molar-refractivity contribution < 1.29 is 0 Å². The van der Waals surface area contributed by atoms with Gasteiger partial charge in [0.25, 0.3) is 0 Å². The molecule has 0 saturated carbocycles. The van der Waals surface area contributed by atoms with Crippen LogP contribution in [0.25, 0.3) is 0 Å². The van der Waals surface area contributed by atoms with Gasteiger partial charge in [-0.3, -0.25) is 0 Å². The molecule has 1 aromatic rings. The van der Waals surface area contributed by atoms with Crippen molar-refractivity contribution in [2.45, 2.75) is 33.7 Å². The van der Waals surface area contributed by atoms with Crippen molar-refractivity contribution in [2.24, 2.45) is 5.92 Å². The predicted octanol–water partition coefficient (Wildman–Crippen LogP) is 3.68. The van der Waals surface area contributed by atoms with E-state index >= 15 is 0 Å². The molecule has 1 aliphatic heterocycles. The van der Waals surface area contributed by atoms with E-state index in [2.05, 4.69) is 60.9 Å². The minimum atomic E-state index is 0.713. The van der Waals surface area contributed by atoms with E-state index in [1.807, 2.05) is 0 Å². The van der Waals surface area contributed by atoms with Gasteiger partial charge in [0.1, 0.15) is 0 Å². The fourth-order valence-electron chi connectivity index (χ4n) is 2.67. The maximum absolute atomic E-state index is 3.52. The Morgan fingerprint density at radius 3 is 2.85 bits per heavy atom. The number of nitrogens with one attached hydrogen (secondary N) is 1. The summed E-state index contributed by atoms with van der Waals surface area (Å²) in [5.74, 6) is 3.29. The molecule has 3 heteroatoms. The summed E-state index contributed by atoms with van der Waals surface area (Å²) < 4.78 is 0. The molecule has 0 atom stereocenters. The summed E-state index contributed by atoms with van der Waals surface area (Å²) in [5.41, 5.74) is 4.25. The highest BCUT2D eigenvalue weighted by Crippen LogP contribution is 2.24. The molecule has 20 heavy (non-hydrogen) atoms. The van der Waals surface area contributed by atoms with Gasteiger partial charge in [-0.05, 0) is 48.8 Å². The van der Waals surface area contributed by atoms with E-state index in [0.717, 1.165) is 13.1 Å². The van der Waals surface area contributed by atoms with Gasteiger partial charge in [-0.2, -0.15) is 11.8 Å². The lowest BCUT2D eigenvalue weighted by Crippen LogP contribution is -2.26. The van der Waals surface area contributed by atoms with Crippen molar-refractivity contribution in [1.29, 1.82) is 0 Å². The van der Waals surface area contributed by atoms with E-state index in [0.29, 0.717) is 5.92 Å². The molecule has 1 saturated heterocycles. The second-order valence-electron chi connectivity index (χ2n) is 6.10. The molecule has 0 aromatic heterocycles. The summed E-state index contributed by atoms with van der Waals surface area (Å²) in [7, 11) is 0. The van der Waals surface area contributed by atoms with Crippen molar-refractivity contribution in [3.8, 4) is 0 Å². The summed E-state index contributed by atoms with van der Waals surface area (Å²) in [6.45, 7) is 11.2. The van der Waals surface area contributed by atoms with Crippen LogP contribution in [-0.2, 0) is 6.54 Å². The van der Waals surface area contributed by atoms with Crippen molar-refractivity contribution in [1.82, 2.24) is 5.32 Å². The van der Waals surface area contributed by atoms with Gasteiger partial charge >= 0.3 is 0 Å². The van der Waals surface area contributed by atoms with Gasteiger partial charge < -0.3 is 10.2 Å². The Morgan fingerprint density at radius 1 is 1.25 bits per heavy atom. The van der Waals surface area contributed by atoms with Crippen LogP contribution in [0.4, 0.5) is 5.69 Å². The zero-order valence-electron chi connectivity index (χ0n) is 13.1. The van der Waals surface area contributed by atoms with Crippen molar-refractivity contribution >= 4 is 17.4 Å². The van der Waals surface area contributed by atoms with Gasteiger partial charge in [0.05, 0.1) is 0 Å². The lowest BCUT2D eigenvalue weighted by molar-refractivity contribution is 0.552. The topological polar surface area (TPSA) is 15.3 Å². The zero-order valence-corrected chi connectivity index (χ0v) is 13.9. The lowest BCUT2D eigenvalue weighted by atomic mass is 10.1. The van der Waals surface area contributed by atoms with E-state index in [-0.39, 0.29) is 0 Å². The second-order valence-corrected chi connectivity index (χ2v) is 7.32. The number of hydrogen-bond acceptors (Lipinski definition) is 3. The quantitative estimate of drug-likeness (QED) is 0.891. The van der Waals surface area contributed by atoms with Crippen LogP contribution in [0, 0.1) is 12.8 Å². The standard InChI is InChI=1S/C17H28N2S/c1-14(2)12-18-13-16-5-6-17(15(3)11-16)19-7-4-9-20-10-8-19/h5-6,11,14,18H,4,7-10,12-13H2,1-3H3. The molecule has 0 spiro atoms. The summed E-state index contributed by atoms with van der Waals surface area (Å²) in [4.78, 5) is 2.56. The minimum Gasteiger partial charge on any atom is -0.370 e. The van der Waals surface area contributed by atoms with Gasteiger partial charge in [-0.15, -0.1) is 0 Å². The number of benzene rings is 1. The Bertz CT molecular complexity index is 409. The molecule has 1 N–H and O–H groups in total. The Hall–Kier alpha value is -0.670. The monoisotopic (exact) mass is 292 g/mol. The predicted molar refractivity (Wildman–Crippen MR) is 91.9 cm³/mol. The van der Waals surface area contributed by atoms with Crippen molar-refractivity contribution in [3.05, 3.63) is 29.3 Å². The van der Waals surface area contributed by atoms with Crippen molar-refractivity contribution in [2.75, 3.05) is 36.0 Å². The zero-order chi connectivity index (χ0) is 14.4. The molecule has 0 bridgehead atoms. The molecule has 0 radical (unpaired) electrons. The maximum Gasteiger partial charge on any atom is 0.0396 e. The molecule has 0 unspecified atom stereocenters. The normalized spacial score (nSPS) is 16.5. The molecular formula is C17H28N2S. The Kier molecular flexibility index (Phi) is 6.24. The Morgan fingerprint density at radius 2 is 2.10 bits per heavy atom. The lowest BCUT2D eigenvalue weighted by Gasteiger charge is -2.24. The first-order valence-corrected chi connectivity index (χ1v) is 8.95. The number of hydrogen-bond donors (Lipinski definition) is 1. The fraction of sp³-hybridized carbons (Fsp3) is 0.647. The molecule has 2 rings (SSSR count). The van der Waals surface area contributed by atoms with Crippen LogP contribution in [0.5, 0.6) is 0 Å². The highest BCUT2D eigenvalue weighted by molar-refractivity contribution is 7.99. The Labute approximate surface area is 128 Å². The molecular weight excluding hydrogens is 264 g/mol. The van der Waals surface area contributed by atoms with Gasteiger partial charge in [-0.1, -0.05) is 26.0 Å². The molecule has 1 aliphatic rings. The van der Waals surface area contributed by atoms with E-state index in [4.69, 9.17) is 0 Å². The summed E-state index contributed by atoms with van der Waals surface area (Å²) in [6, 6.07) is 6.95. The average Bonchev–Trinajstić information content (AvgIpc) is 2.67. The summed E-state index contributed by atoms with van der Waals surface area (Å²) in [5, 5.41) is 3.52. The molecule has 1 fully saturated rings. The third-order valence-corrected chi connectivity index (χ3v) is 4.75. The second kappa shape index (κ2) is 7.94. The third kappa shape index (κ3) is 4.71. The van der Waals surface area contributed by atoms with Crippen LogP contribution >= 0.6 is 11.8 Å². The smallest absolute Gasteiger partial charge is 0.0396 e. The first-order valence-electron chi connectivity index (χ1n) is 7.80. The highest BCUT2D eigenvalue weighted by atomic mass is 32.2. The number of aryl methyl sites for hydroxylation is 1. The number of anilines is 1. The van der Waals surface area contributed by atoms with E-state index in [1.165, 1.54) is 47.8 Å². The SMILES string of the molecule is Cc1cc(CNCC(C)C)ccc1N1CCCSCC1. The first-order chi connectivity index (χ1) is 9.66. The van der Waals surface area contributed by atoms with E-state index < -0.39 is 0 Å². The largest absolute Gasteiger partial charge is 0.370 e. The van der Waals surface area contributed by atoms with Gasteiger partial charge in [0, 0.05) is 31.1 Å². The first kappa shape index (κ1) is 15.7.